The first-order valence-electron chi connectivity index (χ1n) is 5.59. The molecule has 16 N–H and O–H groups in total. The van der Waals surface area contributed by atoms with Gasteiger partial charge in [-0.3, -0.25) is 72.8 Å². The smallest absolute Gasteiger partial charge is 0.264 e. The minimum Gasteiger partial charge on any atom is -0.264 e. The van der Waals surface area contributed by atoms with E-state index in [1.807, 2.05) is 0 Å². The second-order valence-electron chi connectivity index (χ2n) is 3.58. The molecule has 0 aliphatic rings. The molecule has 0 aromatic carbocycles. The van der Waals surface area contributed by atoms with Gasteiger partial charge in [-0.1, -0.05) is 0 Å². The van der Waals surface area contributed by atoms with Crippen molar-refractivity contribution in [3.8, 4) is 0 Å². The summed E-state index contributed by atoms with van der Waals surface area (Å²) in [5, 5.41) is 0. The Morgan fingerprint density at radius 2 is 0.171 bits per heavy atom. The minimum absolute atomic E-state index is 0. The van der Waals surface area contributed by atoms with Crippen LogP contribution in [0.3, 0.4) is 0 Å². The molecule has 41 heavy (non-hydrogen) atoms. The third-order valence-corrected chi connectivity index (χ3v) is 0. The van der Waals surface area contributed by atoms with Gasteiger partial charge in [-0.05, 0) is 0 Å². The van der Waals surface area contributed by atoms with E-state index in [4.69, 9.17) is 140 Å². The zero-order valence-corrected chi connectivity index (χ0v) is 25.3. The minimum atomic E-state index is -4.67. The number of hydrogen-bond donors (Lipinski definition) is 16. The van der Waals surface area contributed by atoms with E-state index < -0.39 is 83.2 Å². The molecule has 1 radical (unpaired) electrons. The van der Waals surface area contributed by atoms with Gasteiger partial charge in [0.15, 0.2) is 0 Å². The van der Waals surface area contributed by atoms with Crippen molar-refractivity contribution < 1.29 is 163 Å². The normalized spacial score (nSPS) is 11.3. The summed E-state index contributed by atoms with van der Waals surface area (Å²) in [6.45, 7) is 0. The topological polar surface area (TPSA) is 597 Å². The maximum absolute atomic E-state index is 8.74. The Bertz CT molecular complexity index is 1060. The molecule has 0 atom stereocenters. The summed E-state index contributed by atoms with van der Waals surface area (Å²) in [6.07, 6.45) is 0. The van der Waals surface area contributed by atoms with Gasteiger partial charge in [0.1, 0.15) is 0 Å². The van der Waals surface area contributed by atoms with Gasteiger partial charge in [0.05, 0.1) is 0 Å². The summed E-state index contributed by atoms with van der Waals surface area (Å²) < 4.78 is 253. The Kier molecular flexibility index (Phi) is 40.7. The maximum Gasteiger partial charge on any atom is 0.394 e. The SMILES string of the molecule is O=S(=O)(O)O.O=S(=O)(O)O.O=S(=O)(O)O.O=S(=O)(O)O.O=S(=O)(O)O.O=S(=O)(O)O.O=S(=O)(O)O.O=S(=O)(O)O.[Ag]. The average Bonchev–Trinajstić information content (AvgIpc) is 2.16. The Hall–Kier alpha value is -0.300. The van der Waals surface area contributed by atoms with E-state index in [9.17, 15) is 0 Å². The van der Waals surface area contributed by atoms with Crippen LogP contribution < -0.4 is 0 Å². The Morgan fingerprint density at radius 1 is 0.171 bits per heavy atom. The van der Waals surface area contributed by atoms with Crippen LogP contribution in [-0.4, -0.2) is 140 Å². The Balaban J connectivity index is -0.0000000406. The Labute approximate surface area is 244 Å². The Morgan fingerprint density at radius 3 is 0.171 bits per heavy atom. The summed E-state index contributed by atoms with van der Waals surface area (Å²) >= 11 is 0. The molecule has 0 heterocycles. The van der Waals surface area contributed by atoms with Crippen LogP contribution in [0.25, 0.3) is 0 Å². The summed E-state index contributed by atoms with van der Waals surface area (Å²) in [6, 6.07) is 0. The van der Waals surface area contributed by atoms with Gasteiger partial charge < -0.3 is 0 Å². The number of hydrogen-bond acceptors (Lipinski definition) is 16. The van der Waals surface area contributed by atoms with Crippen molar-refractivity contribution in [1.29, 1.82) is 0 Å². The molecular formula is H16AgO32S8. The molecule has 0 aliphatic carbocycles. The van der Waals surface area contributed by atoms with Crippen molar-refractivity contribution in [2.75, 3.05) is 0 Å². The van der Waals surface area contributed by atoms with E-state index in [1.165, 1.54) is 0 Å². The molecule has 0 aliphatic heterocycles. The first-order valence-corrected chi connectivity index (χ1v) is 16.8. The van der Waals surface area contributed by atoms with Crippen molar-refractivity contribution in [2.24, 2.45) is 0 Å². The molecule has 32 nitrogen and oxygen atoms in total. The molecule has 0 saturated carbocycles. The van der Waals surface area contributed by atoms with Gasteiger partial charge >= 0.3 is 83.2 Å². The molecule has 41 heteroatoms. The summed E-state index contributed by atoms with van der Waals surface area (Å²) in [5.74, 6) is 0. The van der Waals surface area contributed by atoms with Crippen LogP contribution in [-0.2, 0) is 106 Å². The molecule has 0 rings (SSSR count). The number of rotatable bonds is 0. The van der Waals surface area contributed by atoms with Crippen LogP contribution in [0.15, 0.2) is 0 Å². The van der Waals surface area contributed by atoms with Gasteiger partial charge in [0.2, 0.25) is 0 Å². The second kappa shape index (κ2) is 26.1. The monoisotopic (exact) mass is 891 g/mol. The van der Waals surface area contributed by atoms with E-state index in [1.54, 1.807) is 0 Å². The van der Waals surface area contributed by atoms with Crippen molar-refractivity contribution in [3.05, 3.63) is 0 Å². The first-order chi connectivity index (χ1) is 16.0. The van der Waals surface area contributed by atoms with Crippen LogP contribution in [0.2, 0.25) is 0 Å². The van der Waals surface area contributed by atoms with Crippen LogP contribution in [0.5, 0.6) is 0 Å². The van der Waals surface area contributed by atoms with E-state index in [-0.39, 0.29) is 22.4 Å². The van der Waals surface area contributed by atoms with Crippen LogP contribution in [0, 0.1) is 0 Å². The summed E-state index contributed by atoms with van der Waals surface area (Å²) in [5.41, 5.74) is 0. The first kappa shape index (κ1) is 63.8. The molecule has 267 valence electrons. The third kappa shape index (κ3) is 628000. The van der Waals surface area contributed by atoms with E-state index >= 15 is 0 Å². The third-order valence-electron chi connectivity index (χ3n) is 0. The van der Waals surface area contributed by atoms with Crippen molar-refractivity contribution in [1.82, 2.24) is 0 Å². The van der Waals surface area contributed by atoms with E-state index in [2.05, 4.69) is 0 Å². The molecule has 0 fully saturated rings. The molecule has 0 bridgehead atoms. The second-order valence-corrected chi connectivity index (χ2v) is 10.7. The van der Waals surface area contributed by atoms with Crippen molar-refractivity contribution >= 4 is 83.2 Å². The quantitative estimate of drug-likeness (QED) is 0.0798. The zero-order chi connectivity index (χ0) is 36.0. The molecule has 0 aromatic rings. The molecule has 0 spiro atoms. The van der Waals surface area contributed by atoms with Gasteiger partial charge in [-0.2, -0.15) is 67.3 Å². The van der Waals surface area contributed by atoms with Crippen LogP contribution in [0.4, 0.5) is 0 Å². The van der Waals surface area contributed by atoms with Gasteiger partial charge in [-0.15, -0.1) is 0 Å². The zero-order valence-electron chi connectivity index (χ0n) is 17.3. The van der Waals surface area contributed by atoms with E-state index in [0.717, 1.165) is 0 Å². The predicted molar refractivity (Wildman–Crippen MR) is 113 cm³/mol. The fourth-order valence-corrected chi connectivity index (χ4v) is 0. The molecular weight excluding hydrogens is 876 g/mol. The van der Waals surface area contributed by atoms with Crippen molar-refractivity contribution in [3.63, 3.8) is 0 Å². The predicted octanol–water partition coefficient (Wildman–Crippen LogP) is -5.22. The van der Waals surface area contributed by atoms with Gasteiger partial charge in [0, 0.05) is 22.4 Å². The van der Waals surface area contributed by atoms with Crippen LogP contribution >= 0.6 is 0 Å². The molecule has 0 saturated heterocycles. The van der Waals surface area contributed by atoms with Gasteiger partial charge in [-0.25, -0.2) is 0 Å². The molecule has 0 aromatic heterocycles. The summed E-state index contributed by atoms with van der Waals surface area (Å²) in [7, 11) is -37.3. The molecule has 0 amide bonds. The maximum atomic E-state index is 8.74. The summed E-state index contributed by atoms with van der Waals surface area (Å²) in [4.78, 5) is 0. The molecule has 0 unspecified atom stereocenters. The average molecular weight is 893 g/mol. The van der Waals surface area contributed by atoms with Crippen molar-refractivity contribution in [2.45, 2.75) is 0 Å². The fourth-order valence-electron chi connectivity index (χ4n) is 0. The largest absolute Gasteiger partial charge is 0.394 e. The van der Waals surface area contributed by atoms with E-state index in [0.29, 0.717) is 0 Å². The van der Waals surface area contributed by atoms with Gasteiger partial charge in [0.25, 0.3) is 0 Å². The fraction of sp³-hybridized carbons (Fsp3) is 0. The standard InChI is InChI=1S/Ag.8H2O4S/c;8*1-5(2,3)4/h;8*(H2,1,2,3,4). The van der Waals surface area contributed by atoms with Crippen LogP contribution in [0.1, 0.15) is 0 Å².